The fourth-order valence-electron chi connectivity index (χ4n) is 4.15. The van der Waals surface area contributed by atoms with Gasteiger partial charge in [-0.1, -0.05) is 24.3 Å². The van der Waals surface area contributed by atoms with Crippen LogP contribution in [0.3, 0.4) is 0 Å². The van der Waals surface area contributed by atoms with E-state index in [1.54, 1.807) is 50.5 Å². The Labute approximate surface area is 212 Å². The molecule has 0 saturated carbocycles. The first-order chi connectivity index (χ1) is 17.2. The van der Waals surface area contributed by atoms with Crippen molar-refractivity contribution in [2.45, 2.75) is 44.4 Å². The minimum atomic E-state index is -3.33. The van der Waals surface area contributed by atoms with E-state index in [1.807, 2.05) is 18.2 Å². The molecule has 36 heavy (non-hydrogen) atoms. The van der Waals surface area contributed by atoms with E-state index in [2.05, 4.69) is 46.2 Å². The number of pyridine rings is 1. The smallest absolute Gasteiger partial charge is 0.253 e. The second-order valence-electron chi connectivity index (χ2n) is 8.96. The van der Waals surface area contributed by atoms with E-state index in [0.29, 0.717) is 28.0 Å². The number of rotatable bonds is 9. The van der Waals surface area contributed by atoms with Crippen molar-refractivity contribution < 1.29 is 13.2 Å². The van der Waals surface area contributed by atoms with Gasteiger partial charge < -0.3 is 15.2 Å². The summed E-state index contributed by atoms with van der Waals surface area (Å²) in [4.78, 5) is 23.1. The van der Waals surface area contributed by atoms with Crippen LogP contribution in [0.5, 0.6) is 0 Å². The molecule has 0 spiro atoms. The lowest BCUT2D eigenvalue weighted by molar-refractivity contribution is 0.0952. The van der Waals surface area contributed by atoms with Crippen LogP contribution in [0, 0.1) is 0 Å². The van der Waals surface area contributed by atoms with E-state index in [-0.39, 0.29) is 5.91 Å². The van der Waals surface area contributed by atoms with Crippen LogP contribution in [0.4, 0.5) is 5.69 Å². The number of amides is 1. The molecule has 0 bridgehead atoms. The predicted molar refractivity (Wildman–Crippen MR) is 145 cm³/mol. The third-order valence-electron chi connectivity index (χ3n) is 6.43. The van der Waals surface area contributed by atoms with Crippen LogP contribution >= 0.6 is 0 Å². The van der Waals surface area contributed by atoms with E-state index in [0.717, 1.165) is 29.8 Å². The summed E-state index contributed by atoms with van der Waals surface area (Å²) in [5.74, 6) is -0.189. The second-order valence-corrected chi connectivity index (χ2v) is 11.5. The van der Waals surface area contributed by atoms with E-state index in [9.17, 15) is 13.2 Å². The first kappa shape index (κ1) is 25.4. The molecule has 2 aromatic heterocycles. The number of aromatic nitrogens is 2. The highest BCUT2D eigenvalue weighted by molar-refractivity contribution is 7.92. The van der Waals surface area contributed by atoms with Crippen molar-refractivity contribution in [3.63, 3.8) is 0 Å². The summed E-state index contributed by atoms with van der Waals surface area (Å²) in [6, 6.07) is 16.9. The molecule has 0 aliphatic heterocycles. The lowest BCUT2D eigenvalue weighted by Gasteiger charge is -2.21. The summed E-state index contributed by atoms with van der Waals surface area (Å²) < 4.78 is 24.8. The number of hydrogen-bond acceptors (Lipinski definition) is 5. The summed E-state index contributed by atoms with van der Waals surface area (Å²) in [5.41, 5.74) is 4.95. The van der Waals surface area contributed by atoms with Crippen molar-refractivity contribution >= 4 is 32.5 Å². The van der Waals surface area contributed by atoms with Crippen LogP contribution in [0.15, 0.2) is 71.9 Å². The number of benzene rings is 2. The molecule has 188 valence electrons. The third kappa shape index (κ3) is 5.14. The number of nitrogens with zero attached hydrogens (tertiary/aromatic N) is 2. The highest BCUT2D eigenvalue weighted by atomic mass is 32.2. The molecule has 0 aliphatic carbocycles. The lowest BCUT2D eigenvalue weighted by atomic mass is 10.1. The summed E-state index contributed by atoms with van der Waals surface area (Å²) in [5, 5.41) is 3.22. The number of nitrogens with one attached hydrogen (secondary N) is 2. The number of anilines is 1. The molecule has 2 N–H and O–H groups in total. The van der Waals surface area contributed by atoms with Gasteiger partial charge in [0.1, 0.15) is 5.65 Å². The number of carbonyl (C=O) groups excluding carboxylic acids is 1. The van der Waals surface area contributed by atoms with Crippen LogP contribution in [0.1, 0.15) is 43.6 Å². The monoisotopic (exact) mass is 504 g/mol. The van der Waals surface area contributed by atoms with E-state index < -0.39 is 15.1 Å². The van der Waals surface area contributed by atoms with Crippen LogP contribution in [-0.2, 0) is 16.4 Å². The molecular formula is C28H32N4O3S. The Morgan fingerprint density at radius 2 is 1.67 bits per heavy atom. The number of fused-ring (bicyclic) bond motifs is 1. The van der Waals surface area contributed by atoms with Gasteiger partial charge in [-0.15, -0.1) is 0 Å². The maximum Gasteiger partial charge on any atom is 0.253 e. The van der Waals surface area contributed by atoms with Crippen LogP contribution < -0.4 is 10.2 Å². The number of H-pyrrole nitrogens is 1. The number of aromatic amines is 1. The van der Waals surface area contributed by atoms with Crippen molar-refractivity contribution in [2.24, 2.45) is 0 Å². The molecule has 0 radical (unpaired) electrons. The Balaban J connectivity index is 1.51. The van der Waals surface area contributed by atoms with Gasteiger partial charge in [0.15, 0.2) is 9.84 Å². The molecule has 0 fully saturated rings. The Bertz CT molecular complexity index is 1450. The van der Waals surface area contributed by atoms with Gasteiger partial charge in [0.25, 0.3) is 5.91 Å². The Morgan fingerprint density at radius 3 is 2.28 bits per heavy atom. The van der Waals surface area contributed by atoms with Crippen molar-refractivity contribution in [2.75, 3.05) is 18.0 Å². The van der Waals surface area contributed by atoms with Gasteiger partial charge in [0.2, 0.25) is 0 Å². The summed E-state index contributed by atoms with van der Waals surface area (Å²) in [7, 11) is -3.33. The summed E-state index contributed by atoms with van der Waals surface area (Å²) in [6.45, 7) is 9.91. The SMILES string of the molecule is CCN(CC)c1ccc(CNC(=O)c2c[nH]c3ncc(-c4ccc(S(=O)(=O)C(C)C)cc4)cc23)cc1. The molecule has 2 heterocycles. The molecular weight excluding hydrogens is 472 g/mol. The van der Waals surface area contributed by atoms with Crippen LogP contribution in [-0.4, -0.2) is 42.6 Å². The molecule has 0 saturated heterocycles. The van der Waals surface area contributed by atoms with Crippen molar-refractivity contribution in [3.8, 4) is 11.1 Å². The lowest BCUT2D eigenvalue weighted by Crippen LogP contribution is -2.23. The fourth-order valence-corrected chi connectivity index (χ4v) is 5.21. The van der Waals surface area contributed by atoms with Gasteiger partial charge in [-0.2, -0.15) is 0 Å². The first-order valence-electron chi connectivity index (χ1n) is 12.2. The number of carbonyl (C=O) groups is 1. The number of hydrogen-bond donors (Lipinski definition) is 2. The Kier molecular flexibility index (Phi) is 7.45. The highest BCUT2D eigenvalue weighted by Gasteiger charge is 2.19. The molecule has 7 nitrogen and oxygen atoms in total. The van der Waals surface area contributed by atoms with Crippen LogP contribution in [0.25, 0.3) is 22.2 Å². The number of sulfone groups is 1. The van der Waals surface area contributed by atoms with Crippen molar-refractivity contribution in [1.82, 2.24) is 15.3 Å². The predicted octanol–water partition coefficient (Wildman–Crippen LogP) is 5.19. The third-order valence-corrected chi connectivity index (χ3v) is 8.60. The Morgan fingerprint density at radius 1 is 1.00 bits per heavy atom. The second kappa shape index (κ2) is 10.5. The van der Waals surface area contributed by atoms with Gasteiger partial charge in [-0.25, -0.2) is 13.4 Å². The first-order valence-corrected chi connectivity index (χ1v) is 13.7. The molecule has 0 unspecified atom stereocenters. The summed E-state index contributed by atoms with van der Waals surface area (Å²) in [6.07, 6.45) is 3.38. The fraction of sp³-hybridized carbons (Fsp3) is 0.286. The minimum absolute atomic E-state index is 0.189. The maximum absolute atomic E-state index is 13.0. The standard InChI is InChI=1S/C28H32N4O3S/c1-5-32(6-2)23-11-7-20(8-12-23)16-31-28(33)26-18-30-27-25(26)15-22(17-29-27)21-9-13-24(14-10-21)36(34,35)19(3)4/h7-15,17-19H,5-6,16H2,1-4H3,(H,29,30)(H,31,33). The van der Waals surface area contributed by atoms with Gasteiger partial charge in [0.05, 0.1) is 15.7 Å². The van der Waals surface area contributed by atoms with Crippen molar-refractivity contribution in [1.29, 1.82) is 0 Å². The largest absolute Gasteiger partial charge is 0.372 e. The quantitative estimate of drug-likeness (QED) is 0.327. The topological polar surface area (TPSA) is 95.2 Å². The minimum Gasteiger partial charge on any atom is -0.372 e. The molecule has 1 amide bonds. The zero-order valence-corrected chi connectivity index (χ0v) is 21.9. The zero-order valence-electron chi connectivity index (χ0n) is 21.1. The van der Waals surface area contributed by atoms with Crippen LogP contribution in [0.2, 0.25) is 0 Å². The van der Waals surface area contributed by atoms with Gasteiger partial charge in [-0.05, 0) is 69.2 Å². The molecule has 4 rings (SSSR count). The molecule has 2 aromatic carbocycles. The van der Waals surface area contributed by atoms with E-state index in [1.165, 1.54) is 5.69 Å². The van der Waals surface area contributed by atoms with E-state index >= 15 is 0 Å². The average Bonchev–Trinajstić information content (AvgIpc) is 3.32. The average molecular weight is 505 g/mol. The van der Waals surface area contributed by atoms with Gasteiger partial charge in [0, 0.05) is 48.7 Å². The normalized spacial score (nSPS) is 11.7. The highest BCUT2D eigenvalue weighted by Crippen LogP contribution is 2.27. The maximum atomic E-state index is 13.0. The van der Waals surface area contributed by atoms with Crippen molar-refractivity contribution in [3.05, 3.63) is 78.1 Å². The summed E-state index contributed by atoms with van der Waals surface area (Å²) >= 11 is 0. The zero-order chi connectivity index (χ0) is 25.9. The molecule has 8 heteroatoms. The Hall–Kier alpha value is -3.65. The van der Waals surface area contributed by atoms with Gasteiger partial charge >= 0.3 is 0 Å². The molecule has 0 aliphatic rings. The molecule has 0 atom stereocenters. The van der Waals surface area contributed by atoms with E-state index in [4.69, 9.17) is 0 Å². The van der Waals surface area contributed by atoms with Gasteiger partial charge in [-0.3, -0.25) is 4.79 Å². The molecule has 4 aromatic rings.